The number of carbonyl (C=O) groups is 1. The molecule has 1 amide bonds. The topological polar surface area (TPSA) is 83.8 Å². The summed E-state index contributed by atoms with van der Waals surface area (Å²) in [5.41, 5.74) is 4.31. The molecular formula is C16H15Br2N3O3. The van der Waals surface area contributed by atoms with Crippen LogP contribution in [0.5, 0.6) is 11.5 Å². The average Bonchev–Trinajstić information content (AvgIpc) is 2.57. The number of nitrogens with one attached hydrogen (secondary N) is 1. The van der Waals surface area contributed by atoms with Crippen LogP contribution >= 0.6 is 31.9 Å². The molecule has 0 fully saturated rings. The van der Waals surface area contributed by atoms with Gasteiger partial charge in [0.05, 0.1) is 22.9 Å². The first kappa shape index (κ1) is 18.4. The second kappa shape index (κ2) is 8.25. The normalized spacial score (nSPS) is 10.8. The number of aryl methyl sites for hydroxylation is 1. The van der Waals surface area contributed by atoms with Crippen LogP contribution in [-0.4, -0.2) is 28.8 Å². The Balaban J connectivity index is 2.16. The number of hydrazone groups is 1. The minimum atomic E-state index is -0.363. The van der Waals surface area contributed by atoms with Crippen molar-refractivity contribution < 1.29 is 14.6 Å². The summed E-state index contributed by atoms with van der Waals surface area (Å²) >= 11 is 6.64. The van der Waals surface area contributed by atoms with Gasteiger partial charge in [-0.15, -0.1) is 0 Å². The second-order valence-electron chi connectivity index (χ2n) is 4.76. The number of phenols is 1. The Hall–Kier alpha value is -1.93. The summed E-state index contributed by atoms with van der Waals surface area (Å²) in [5, 5.41) is 13.9. The van der Waals surface area contributed by atoms with E-state index in [1.165, 1.54) is 12.4 Å². The summed E-state index contributed by atoms with van der Waals surface area (Å²) in [6.07, 6.45) is 2.94. The van der Waals surface area contributed by atoms with Crippen LogP contribution < -0.4 is 10.2 Å². The zero-order valence-corrected chi connectivity index (χ0v) is 16.2. The van der Waals surface area contributed by atoms with Gasteiger partial charge in [0.2, 0.25) is 0 Å². The molecule has 0 radical (unpaired) electrons. The first-order chi connectivity index (χ1) is 11.4. The van der Waals surface area contributed by atoms with E-state index in [2.05, 4.69) is 47.4 Å². The van der Waals surface area contributed by atoms with Crippen molar-refractivity contribution in [2.75, 3.05) is 6.61 Å². The molecule has 1 heterocycles. The maximum atomic E-state index is 12.0. The van der Waals surface area contributed by atoms with Crippen LogP contribution in [0.2, 0.25) is 0 Å². The quantitative estimate of drug-likeness (QED) is 0.529. The monoisotopic (exact) mass is 455 g/mol. The number of hydrogen-bond acceptors (Lipinski definition) is 5. The third-order valence-corrected chi connectivity index (χ3v) is 5.18. The lowest BCUT2D eigenvalue weighted by Crippen LogP contribution is -2.17. The minimum Gasteiger partial charge on any atom is -0.503 e. The number of carbonyl (C=O) groups excluding carboxylic acids is 1. The number of phenolic OH excluding ortho intramolecular Hbond substituents is 1. The van der Waals surface area contributed by atoms with E-state index in [1.807, 2.05) is 13.8 Å². The summed E-state index contributed by atoms with van der Waals surface area (Å²) < 4.78 is 6.41. The second-order valence-corrected chi connectivity index (χ2v) is 6.35. The lowest BCUT2D eigenvalue weighted by atomic mass is 10.2. The number of aromatic hydroxyl groups is 1. The van der Waals surface area contributed by atoms with Gasteiger partial charge in [0.15, 0.2) is 11.5 Å². The molecule has 0 bridgehead atoms. The maximum Gasteiger partial charge on any atom is 0.272 e. The van der Waals surface area contributed by atoms with Crippen molar-refractivity contribution in [3.8, 4) is 11.5 Å². The summed E-state index contributed by atoms with van der Waals surface area (Å²) in [7, 11) is 0. The highest BCUT2D eigenvalue weighted by molar-refractivity contribution is 9.13. The van der Waals surface area contributed by atoms with Crippen molar-refractivity contribution in [2.45, 2.75) is 13.8 Å². The van der Waals surface area contributed by atoms with E-state index in [0.717, 1.165) is 5.69 Å². The van der Waals surface area contributed by atoms with Gasteiger partial charge in [-0.1, -0.05) is 0 Å². The fraction of sp³-hybridized carbons (Fsp3) is 0.188. The molecule has 6 nitrogen and oxygen atoms in total. The summed E-state index contributed by atoms with van der Waals surface area (Å²) in [6, 6.07) is 5.05. The van der Waals surface area contributed by atoms with Gasteiger partial charge in [-0.25, -0.2) is 5.43 Å². The highest BCUT2D eigenvalue weighted by atomic mass is 79.9. The summed E-state index contributed by atoms with van der Waals surface area (Å²) in [5.74, 6) is -0.0449. The van der Waals surface area contributed by atoms with Crippen molar-refractivity contribution in [3.05, 3.63) is 50.2 Å². The summed E-state index contributed by atoms with van der Waals surface area (Å²) in [6.45, 7) is 4.07. The molecular weight excluding hydrogens is 442 g/mol. The van der Waals surface area contributed by atoms with Gasteiger partial charge in [0.25, 0.3) is 5.91 Å². The first-order valence-electron chi connectivity index (χ1n) is 7.03. The van der Waals surface area contributed by atoms with Crippen LogP contribution in [0, 0.1) is 6.92 Å². The zero-order valence-electron chi connectivity index (χ0n) is 13.0. The maximum absolute atomic E-state index is 12.0. The molecule has 0 atom stereocenters. The molecule has 126 valence electrons. The zero-order chi connectivity index (χ0) is 17.7. The third-order valence-electron chi connectivity index (χ3n) is 3.02. The van der Waals surface area contributed by atoms with Crippen LogP contribution in [0.4, 0.5) is 0 Å². The SMILES string of the molecule is CCOc1cc(C=NNC(=O)c2ccc(C)nc2)c(Br)c(Br)c1O. The number of pyridine rings is 1. The predicted molar refractivity (Wildman–Crippen MR) is 98.7 cm³/mol. The molecule has 2 aromatic rings. The molecule has 8 heteroatoms. The highest BCUT2D eigenvalue weighted by Gasteiger charge is 2.14. The Morgan fingerprint density at radius 2 is 2.17 bits per heavy atom. The van der Waals surface area contributed by atoms with Gasteiger partial charge in [0, 0.05) is 21.9 Å². The van der Waals surface area contributed by atoms with Gasteiger partial charge < -0.3 is 9.84 Å². The van der Waals surface area contributed by atoms with Crippen molar-refractivity contribution in [1.82, 2.24) is 10.4 Å². The van der Waals surface area contributed by atoms with Crippen LogP contribution in [0.1, 0.15) is 28.5 Å². The Bertz CT molecular complexity index is 777. The number of aromatic nitrogens is 1. The number of amides is 1. The molecule has 0 saturated carbocycles. The van der Waals surface area contributed by atoms with Crippen LogP contribution in [0.15, 0.2) is 38.4 Å². The lowest BCUT2D eigenvalue weighted by Gasteiger charge is -2.10. The van der Waals surface area contributed by atoms with Crippen LogP contribution in [-0.2, 0) is 0 Å². The molecule has 0 spiro atoms. The van der Waals surface area contributed by atoms with E-state index in [1.54, 1.807) is 18.2 Å². The number of hydrogen-bond donors (Lipinski definition) is 2. The average molecular weight is 457 g/mol. The van der Waals surface area contributed by atoms with Crippen molar-refractivity contribution in [2.24, 2.45) is 5.10 Å². The highest BCUT2D eigenvalue weighted by Crippen LogP contribution is 2.41. The van der Waals surface area contributed by atoms with Crippen LogP contribution in [0.25, 0.3) is 0 Å². The fourth-order valence-electron chi connectivity index (χ4n) is 1.80. The molecule has 0 aliphatic rings. The largest absolute Gasteiger partial charge is 0.503 e. The summed E-state index contributed by atoms with van der Waals surface area (Å²) in [4.78, 5) is 16.0. The fourth-order valence-corrected chi connectivity index (χ4v) is 2.63. The van der Waals surface area contributed by atoms with Gasteiger partial charge in [0.1, 0.15) is 0 Å². The Morgan fingerprint density at radius 3 is 2.79 bits per heavy atom. The molecule has 2 N–H and O–H groups in total. The van der Waals surface area contributed by atoms with E-state index < -0.39 is 0 Å². The smallest absolute Gasteiger partial charge is 0.272 e. The van der Waals surface area contributed by atoms with Gasteiger partial charge >= 0.3 is 0 Å². The van der Waals surface area contributed by atoms with Crippen LogP contribution in [0.3, 0.4) is 0 Å². The molecule has 1 aromatic carbocycles. The molecule has 0 aliphatic heterocycles. The molecule has 2 rings (SSSR count). The number of halogens is 2. The molecule has 0 unspecified atom stereocenters. The van der Waals surface area contributed by atoms with E-state index in [9.17, 15) is 9.90 Å². The predicted octanol–water partition coefficient (Wildman–Crippen LogP) is 3.78. The van der Waals surface area contributed by atoms with Crippen molar-refractivity contribution >= 4 is 44.0 Å². The number of ether oxygens (including phenoxy) is 1. The van der Waals surface area contributed by atoms with Gasteiger partial charge in [-0.3, -0.25) is 9.78 Å². The molecule has 1 aromatic heterocycles. The Labute approximate surface area is 156 Å². The van der Waals surface area contributed by atoms with Crippen molar-refractivity contribution in [3.63, 3.8) is 0 Å². The molecule has 0 saturated heterocycles. The van der Waals surface area contributed by atoms with E-state index in [4.69, 9.17) is 4.74 Å². The lowest BCUT2D eigenvalue weighted by molar-refractivity contribution is 0.0955. The number of rotatable bonds is 5. The van der Waals surface area contributed by atoms with E-state index in [-0.39, 0.29) is 11.7 Å². The third kappa shape index (κ3) is 4.33. The molecule has 24 heavy (non-hydrogen) atoms. The van der Waals surface area contributed by atoms with Gasteiger partial charge in [-0.05, 0) is 63.9 Å². The minimum absolute atomic E-state index is 0.00404. The first-order valence-corrected chi connectivity index (χ1v) is 8.62. The Kier molecular flexibility index (Phi) is 6.33. The standard InChI is InChI=1S/C16H15Br2N3O3/c1-3-24-12-6-11(13(17)14(18)15(12)22)8-20-21-16(23)10-5-4-9(2)19-7-10/h4-8,22H,3H2,1-2H3,(H,21,23). The molecule has 0 aliphatic carbocycles. The van der Waals surface area contributed by atoms with E-state index in [0.29, 0.717) is 32.4 Å². The van der Waals surface area contributed by atoms with Crippen molar-refractivity contribution in [1.29, 1.82) is 0 Å². The van der Waals surface area contributed by atoms with Gasteiger partial charge in [-0.2, -0.15) is 5.10 Å². The van der Waals surface area contributed by atoms with E-state index >= 15 is 0 Å². The number of nitrogens with zero attached hydrogens (tertiary/aromatic N) is 2. The Morgan fingerprint density at radius 1 is 1.42 bits per heavy atom. The number of benzene rings is 1.